The highest BCUT2D eigenvalue weighted by molar-refractivity contribution is 6.32. The van der Waals surface area contributed by atoms with Gasteiger partial charge in [0.1, 0.15) is 12.4 Å². The topological polar surface area (TPSA) is 47.6 Å². The summed E-state index contributed by atoms with van der Waals surface area (Å²) >= 11 is 6.23. The van der Waals surface area contributed by atoms with Gasteiger partial charge in [0.2, 0.25) is 0 Å². The fourth-order valence-corrected chi connectivity index (χ4v) is 2.34. The molecule has 118 valence electrons. The van der Waals surface area contributed by atoms with Crippen molar-refractivity contribution in [2.24, 2.45) is 5.92 Å². The normalized spacial score (nSPS) is 10.5. The van der Waals surface area contributed by atoms with Crippen LogP contribution < -0.4 is 10.1 Å². The van der Waals surface area contributed by atoms with Crippen LogP contribution in [-0.4, -0.2) is 26.4 Å². The molecular formula is C16H24ClNO3. The zero-order chi connectivity index (χ0) is 15.7. The molecule has 0 aliphatic heterocycles. The van der Waals surface area contributed by atoms with Gasteiger partial charge in [-0.25, -0.2) is 4.79 Å². The van der Waals surface area contributed by atoms with Crippen molar-refractivity contribution in [3.05, 3.63) is 28.8 Å². The lowest BCUT2D eigenvalue weighted by atomic mass is 9.95. The lowest BCUT2D eigenvalue weighted by Gasteiger charge is -2.14. The summed E-state index contributed by atoms with van der Waals surface area (Å²) in [4.78, 5) is 10.9. The first-order valence-electron chi connectivity index (χ1n) is 7.33. The van der Waals surface area contributed by atoms with E-state index in [4.69, 9.17) is 16.3 Å². The first-order chi connectivity index (χ1) is 10.1. The summed E-state index contributed by atoms with van der Waals surface area (Å²) in [6.45, 7) is 5.14. The second-order valence-corrected chi connectivity index (χ2v) is 5.33. The number of rotatable bonds is 8. The van der Waals surface area contributed by atoms with E-state index in [-0.39, 0.29) is 0 Å². The highest BCUT2D eigenvalue weighted by Gasteiger charge is 2.08. The van der Waals surface area contributed by atoms with Crippen molar-refractivity contribution in [2.75, 3.05) is 20.3 Å². The number of nitrogens with one attached hydrogen (secondary N) is 1. The van der Waals surface area contributed by atoms with Gasteiger partial charge in [0.25, 0.3) is 0 Å². The fourth-order valence-electron chi connectivity index (χ4n) is 2.09. The van der Waals surface area contributed by atoms with Crippen molar-refractivity contribution in [1.82, 2.24) is 5.32 Å². The molecule has 1 N–H and O–H groups in total. The summed E-state index contributed by atoms with van der Waals surface area (Å²) in [6.07, 6.45) is 2.92. The number of hydrogen-bond donors (Lipinski definition) is 1. The van der Waals surface area contributed by atoms with Gasteiger partial charge >= 0.3 is 6.09 Å². The zero-order valence-corrected chi connectivity index (χ0v) is 13.7. The van der Waals surface area contributed by atoms with Crippen molar-refractivity contribution in [1.29, 1.82) is 0 Å². The molecule has 0 unspecified atom stereocenters. The Labute approximate surface area is 131 Å². The zero-order valence-electron chi connectivity index (χ0n) is 12.9. The monoisotopic (exact) mass is 313 g/mol. The Kier molecular flexibility index (Phi) is 7.98. The van der Waals surface area contributed by atoms with Crippen molar-refractivity contribution >= 4 is 17.7 Å². The van der Waals surface area contributed by atoms with Crippen LogP contribution >= 0.6 is 11.6 Å². The second-order valence-electron chi connectivity index (χ2n) is 4.92. The van der Waals surface area contributed by atoms with Crippen molar-refractivity contribution in [3.63, 3.8) is 0 Å². The predicted octanol–water partition coefficient (Wildman–Crippen LogP) is 4.05. The minimum atomic E-state index is -0.467. The van der Waals surface area contributed by atoms with Crippen LogP contribution in [0.15, 0.2) is 18.2 Å². The molecule has 0 fully saturated rings. The highest BCUT2D eigenvalue weighted by Crippen LogP contribution is 2.27. The Hall–Kier alpha value is -1.42. The largest absolute Gasteiger partial charge is 0.490 e. The van der Waals surface area contributed by atoms with E-state index in [0.29, 0.717) is 29.8 Å². The first kappa shape index (κ1) is 17.6. The highest BCUT2D eigenvalue weighted by atomic mass is 35.5. The molecule has 0 heterocycles. The van der Waals surface area contributed by atoms with E-state index in [1.165, 1.54) is 25.5 Å². The summed E-state index contributed by atoms with van der Waals surface area (Å²) in [7, 11) is 1.33. The van der Waals surface area contributed by atoms with Crippen LogP contribution in [-0.2, 0) is 11.2 Å². The van der Waals surface area contributed by atoms with Gasteiger partial charge in [0.15, 0.2) is 0 Å². The molecule has 21 heavy (non-hydrogen) atoms. The summed E-state index contributed by atoms with van der Waals surface area (Å²) in [5, 5.41) is 3.15. The third kappa shape index (κ3) is 6.25. The smallest absolute Gasteiger partial charge is 0.406 e. The van der Waals surface area contributed by atoms with E-state index >= 15 is 0 Å². The molecule has 0 saturated heterocycles. The van der Waals surface area contributed by atoms with Crippen LogP contribution in [0.5, 0.6) is 5.75 Å². The third-order valence-electron chi connectivity index (χ3n) is 3.49. The maximum Gasteiger partial charge on any atom is 0.406 e. The van der Waals surface area contributed by atoms with E-state index in [1.54, 1.807) is 0 Å². The van der Waals surface area contributed by atoms with Gasteiger partial charge in [0.05, 0.1) is 18.7 Å². The Morgan fingerprint density at radius 3 is 2.62 bits per heavy atom. The molecule has 0 radical (unpaired) electrons. The quantitative estimate of drug-likeness (QED) is 0.736. The molecule has 1 aromatic carbocycles. The van der Waals surface area contributed by atoms with Crippen molar-refractivity contribution in [2.45, 2.75) is 33.1 Å². The average molecular weight is 314 g/mol. The van der Waals surface area contributed by atoms with E-state index in [1.807, 2.05) is 18.2 Å². The van der Waals surface area contributed by atoms with Gasteiger partial charge in [-0.05, 0) is 30.0 Å². The number of methoxy groups -OCH3 is 1. The van der Waals surface area contributed by atoms with E-state index in [0.717, 1.165) is 6.42 Å². The molecule has 1 amide bonds. The van der Waals surface area contributed by atoms with Gasteiger partial charge in [-0.2, -0.15) is 0 Å². The fraction of sp³-hybridized carbons (Fsp3) is 0.562. The summed E-state index contributed by atoms with van der Waals surface area (Å²) in [6, 6.07) is 5.90. The van der Waals surface area contributed by atoms with Crippen LogP contribution in [0.3, 0.4) is 0 Å². The number of ether oxygens (including phenoxy) is 2. The van der Waals surface area contributed by atoms with Crippen molar-refractivity contribution in [3.8, 4) is 5.75 Å². The molecule has 0 spiro atoms. The second kappa shape index (κ2) is 9.50. The molecule has 0 aromatic heterocycles. The predicted molar refractivity (Wildman–Crippen MR) is 85.1 cm³/mol. The van der Waals surface area contributed by atoms with Gasteiger partial charge < -0.3 is 14.8 Å². The molecule has 0 bridgehead atoms. The molecule has 0 aliphatic carbocycles. The maximum absolute atomic E-state index is 10.9. The summed E-state index contributed by atoms with van der Waals surface area (Å²) < 4.78 is 10.0. The summed E-state index contributed by atoms with van der Waals surface area (Å²) in [5.74, 6) is 1.33. The van der Waals surface area contributed by atoms with E-state index in [2.05, 4.69) is 23.9 Å². The Bertz CT molecular complexity index is 447. The van der Waals surface area contributed by atoms with Crippen LogP contribution in [0.25, 0.3) is 0 Å². The van der Waals surface area contributed by atoms with Gasteiger partial charge in [0, 0.05) is 0 Å². The molecule has 1 aromatic rings. The minimum absolute atomic E-state index is 0.348. The Morgan fingerprint density at radius 1 is 1.33 bits per heavy atom. The van der Waals surface area contributed by atoms with Crippen LogP contribution in [0.1, 0.15) is 32.3 Å². The average Bonchev–Trinajstić information content (AvgIpc) is 2.50. The lowest BCUT2D eigenvalue weighted by molar-refractivity contribution is 0.168. The van der Waals surface area contributed by atoms with Gasteiger partial charge in [-0.1, -0.05) is 44.4 Å². The lowest BCUT2D eigenvalue weighted by Crippen LogP contribution is -2.27. The van der Waals surface area contributed by atoms with E-state index in [9.17, 15) is 4.79 Å². The summed E-state index contributed by atoms with van der Waals surface area (Å²) in [5.41, 5.74) is 1.23. The van der Waals surface area contributed by atoms with Gasteiger partial charge in [-0.15, -0.1) is 0 Å². The van der Waals surface area contributed by atoms with Crippen molar-refractivity contribution < 1.29 is 14.3 Å². The number of alkyl carbamates (subject to hydrolysis) is 1. The molecule has 0 atom stereocenters. The van der Waals surface area contributed by atoms with Crippen LogP contribution in [0, 0.1) is 5.92 Å². The number of halogens is 1. The molecule has 0 saturated carbocycles. The number of hydrogen-bond acceptors (Lipinski definition) is 3. The third-order valence-corrected chi connectivity index (χ3v) is 3.79. The number of benzene rings is 1. The van der Waals surface area contributed by atoms with Gasteiger partial charge in [-0.3, -0.25) is 0 Å². The Balaban J connectivity index is 2.48. The van der Waals surface area contributed by atoms with E-state index < -0.39 is 6.09 Å². The van der Waals surface area contributed by atoms with Crippen LogP contribution in [0.4, 0.5) is 4.79 Å². The molecule has 1 rings (SSSR count). The minimum Gasteiger partial charge on any atom is -0.490 e. The maximum atomic E-state index is 10.9. The Morgan fingerprint density at radius 2 is 2.05 bits per heavy atom. The number of carbonyl (C=O) groups excluding carboxylic acids is 1. The first-order valence-corrected chi connectivity index (χ1v) is 7.71. The molecule has 4 nitrogen and oxygen atoms in total. The molecule has 5 heteroatoms. The SMILES string of the molecule is CCC(CC)Cc1ccc(OCCNC(=O)OC)c(Cl)c1. The van der Waals surface area contributed by atoms with Crippen LogP contribution in [0.2, 0.25) is 5.02 Å². The number of amides is 1. The number of carbonyl (C=O) groups is 1. The standard InChI is InChI=1S/C16H24ClNO3/c1-4-12(5-2)10-13-6-7-15(14(17)11-13)21-9-8-18-16(19)20-3/h6-7,11-12H,4-5,8-10H2,1-3H3,(H,18,19). The molecular weight excluding hydrogens is 290 g/mol. The molecule has 0 aliphatic rings.